The molecule has 1 aromatic carbocycles. The van der Waals surface area contributed by atoms with Crippen LogP contribution in [0, 0.1) is 0 Å². The summed E-state index contributed by atoms with van der Waals surface area (Å²) in [6.07, 6.45) is 3.28. The van der Waals surface area contributed by atoms with Crippen LogP contribution in [0.3, 0.4) is 0 Å². The van der Waals surface area contributed by atoms with Crippen molar-refractivity contribution in [1.82, 2.24) is 9.88 Å². The molecule has 0 radical (unpaired) electrons. The average molecular weight is 317 g/mol. The number of nitrogens with two attached hydrogens (primary N) is 1. The maximum absolute atomic E-state index is 12.4. The summed E-state index contributed by atoms with van der Waals surface area (Å²) in [5.74, 6) is 0.0534. The fraction of sp³-hybridized carbons (Fsp3) is 0.250. The van der Waals surface area contributed by atoms with Gasteiger partial charge in [-0.1, -0.05) is 11.6 Å². The molecule has 5 nitrogen and oxygen atoms in total. The lowest BCUT2D eigenvalue weighted by atomic mass is 10.2. The minimum Gasteiger partial charge on any atom is -0.397 e. The van der Waals surface area contributed by atoms with Crippen molar-refractivity contribution < 1.29 is 4.79 Å². The molecule has 1 aromatic heterocycles. The molecule has 1 saturated heterocycles. The molecular formula is C16H17ClN4O. The van der Waals surface area contributed by atoms with Crippen molar-refractivity contribution >= 4 is 28.9 Å². The van der Waals surface area contributed by atoms with Gasteiger partial charge in [0.05, 0.1) is 10.7 Å². The summed E-state index contributed by atoms with van der Waals surface area (Å²) in [5, 5.41) is 0.565. The summed E-state index contributed by atoms with van der Waals surface area (Å²) in [6, 6.07) is 9.13. The van der Waals surface area contributed by atoms with Crippen molar-refractivity contribution in [1.29, 1.82) is 0 Å². The molecule has 2 heterocycles. The van der Waals surface area contributed by atoms with Crippen LogP contribution in [-0.2, 0) is 0 Å². The van der Waals surface area contributed by atoms with Crippen LogP contribution in [-0.4, -0.2) is 42.0 Å². The van der Waals surface area contributed by atoms with E-state index in [4.69, 9.17) is 17.3 Å². The van der Waals surface area contributed by atoms with Gasteiger partial charge in [0, 0.05) is 49.8 Å². The van der Waals surface area contributed by atoms with Gasteiger partial charge in [0.1, 0.15) is 0 Å². The van der Waals surface area contributed by atoms with Crippen molar-refractivity contribution in [2.45, 2.75) is 0 Å². The second-order valence-electron chi connectivity index (χ2n) is 5.22. The molecule has 22 heavy (non-hydrogen) atoms. The molecule has 2 N–H and O–H groups in total. The lowest BCUT2D eigenvalue weighted by molar-refractivity contribution is 0.0746. The number of anilines is 2. The van der Waals surface area contributed by atoms with Crippen LogP contribution in [0.5, 0.6) is 0 Å². The number of rotatable bonds is 2. The Bertz CT molecular complexity index is 669. The fourth-order valence-electron chi connectivity index (χ4n) is 2.57. The van der Waals surface area contributed by atoms with Gasteiger partial charge >= 0.3 is 0 Å². The molecule has 1 aliphatic rings. The molecule has 1 amide bonds. The van der Waals surface area contributed by atoms with Gasteiger partial charge in [-0.05, 0) is 30.3 Å². The lowest BCUT2D eigenvalue weighted by Crippen LogP contribution is -2.48. The highest BCUT2D eigenvalue weighted by atomic mass is 35.5. The molecule has 0 saturated carbocycles. The van der Waals surface area contributed by atoms with Crippen LogP contribution in [0.2, 0.25) is 5.02 Å². The van der Waals surface area contributed by atoms with Crippen LogP contribution < -0.4 is 10.6 Å². The Labute approximate surface area is 134 Å². The molecule has 0 spiro atoms. The highest BCUT2D eigenvalue weighted by Crippen LogP contribution is 2.25. The third-order valence-electron chi connectivity index (χ3n) is 3.84. The normalized spacial score (nSPS) is 15.0. The Morgan fingerprint density at radius 3 is 2.41 bits per heavy atom. The van der Waals surface area contributed by atoms with Crippen molar-refractivity contribution in [3.8, 4) is 0 Å². The zero-order valence-electron chi connectivity index (χ0n) is 12.1. The lowest BCUT2D eigenvalue weighted by Gasteiger charge is -2.36. The van der Waals surface area contributed by atoms with Gasteiger partial charge in [0.15, 0.2) is 0 Å². The van der Waals surface area contributed by atoms with Crippen LogP contribution >= 0.6 is 11.6 Å². The number of carbonyl (C=O) groups is 1. The Kier molecular flexibility index (Phi) is 4.15. The molecule has 1 aliphatic heterocycles. The highest BCUT2D eigenvalue weighted by molar-refractivity contribution is 6.33. The predicted molar refractivity (Wildman–Crippen MR) is 88.2 cm³/mol. The van der Waals surface area contributed by atoms with E-state index in [9.17, 15) is 4.79 Å². The summed E-state index contributed by atoms with van der Waals surface area (Å²) in [4.78, 5) is 20.4. The van der Waals surface area contributed by atoms with E-state index in [1.807, 2.05) is 17.0 Å². The van der Waals surface area contributed by atoms with E-state index in [0.29, 0.717) is 29.4 Å². The molecule has 0 bridgehead atoms. The molecule has 6 heteroatoms. The number of benzene rings is 1. The number of hydrogen-bond acceptors (Lipinski definition) is 4. The Morgan fingerprint density at radius 2 is 1.77 bits per heavy atom. The van der Waals surface area contributed by atoms with Gasteiger partial charge in [-0.15, -0.1) is 0 Å². The SMILES string of the molecule is Nc1cc(N2CCN(C(=O)c3ccncc3)CC2)ccc1Cl. The van der Waals surface area contributed by atoms with Gasteiger partial charge in [0.2, 0.25) is 0 Å². The second-order valence-corrected chi connectivity index (χ2v) is 5.63. The fourth-order valence-corrected chi connectivity index (χ4v) is 2.69. The zero-order valence-corrected chi connectivity index (χ0v) is 12.8. The van der Waals surface area contributed by atoms with E-state index in [0.717, 1.165) is 18.8 Å². The number of hydrogen-bond donors (Lipinski definition) is 1. The van der Waals surface area contributed by atoms with E-state index in [1.54, 1.807) is 30.6 Å². The maximum atomic E-state index is 12.4. The van der Waals surface area contributed by atoms with Gasteiger partial charge in [-0.25, -0.2) is 0 Å². The van der Waals surface area contributed by atoms with E-state index in [1.165, 1.54) is 0 Å². The first-order chi connectivity index (χ1) is 10.6. The van der Waals surface area contributed by atoms with Crippen molar-refractivity contribution in [3.63, 3.8) is 0 Å². The number of amides is 1. The molecule has 0 atom stereocenters. The summed E-state index contributed by atoms with van der Waals surface area (Å²) < 4.78 is 0. The van der Waals surface area contributed by atoms with Gasteiger partial charge in [-0.3, -0.25) is 9.78 Å². The van der Waals surface area contributed by atoms with Gasteiger partial charge in [-0.2, -0.15) is 0 Å². The number of piperazine rings is 1. The molecule has 0 unspecified atom stereocenters. The first kappa shape index (κ1) is 14.7. The van der Waals surface area contributed by atoms with E-state index in [2.05, 4.69) is 9.88 Å². The summed E-state index contributed by atoms with van der Waals surface area (Å²) in [5.41, 5.74) is 8.15. The van der Waals surface area contributed by atoms with E-state index < -0.39 is 0 Å². The zero-order chi connectivity index (χ0) is 15.5. The highest BCUT2D eigenvalue weighted by Gasteiger charge is 2.22. The molecule has 3 rings (SSSR count). The first-order valence-corrected chi connectivity index (χ1v) is 7.52. The number of halogens is 1. The van der Waals surface area contributed by atoms with Crippen LogP contribution in [0.4, 0.5) is 11.4 Å². The molecule has 114 valence electrons. The number of aromatic nitrogens is 1. The van der Waals surface area contributed by atoms with Crippen molar-refractivity contribution in [2.75, 3.05) is 36.8 Å². The Hall–Kier alpha value is -2.27. The van der Waals surface area contributed by atoms with E-state index in [-0.39, 0.29) is 5.91 Å². The third kappa shape index (κ3) is 2.99. The molecular weight excluding hydrogens is 300 g/mol. The number of carbonyl (C=O) groups excluding carboxylic acids is 1. The topological polar surface area (TPSA) is 62.5 Å². The smallest absolute Gasteiger partial charge is 0.254 e. The monoisotopic (exact) mass is 316 g/mol. The number of nitrogen functional groups attached to an aromatic ring is 1. The molecule has 1 fully saturated rings. The quantitative estimate of drug-likeness (QED) is 0.863. The Balaban J connectivity index is 1.65. The summed E-state index contributed by atoms with van der Waals surface area (Å²) >= 11 is 5.95. The third-order valence-corrected chi connectivity index (χ3v) is 4.18. The van der Waals surface area contributed by atoms with Crippen LogP contribution in [0.1, 0.15) is 10.4 Å². The largest absolute Gasteiger partial charge is 0.397 e. The predicted octanol–water partition coefficient (Wildman–Crippen LogP) is 2.28. The summed E-state index contributed by atoms with van der Waals surface area (Å²) in [7, 11) is 0. The van der Waals surface area contributed by atoms with E-state index >= 15 is 0 Å². The maximum Gasteiger partial charge on any atom is 0.254 e. The van der Waals surface area contributed by atoms with Crippen molar-refractivity contribution in [2.24, 2.45) is 0 Å². The minimum absolute atomic E-state index is 0.0534. The number of nitrogens with zero attached hydrogens (tertiary/aromatic N) is 3. The second kappa shape index (κ2) is 6.23. The molecule has 0 aliphatic carbocycles. The Morgan fingerprint density at radius 1 is 1.09 bits per heavy atom. The van der Waals surface area contributed by atoms with Gasteiger partial charge in [0.25, 0.3) is 5.91 Å². The van der Waals surface area contributed by atoms with Crippen LogP contribution in [0.25, 0.3) is 0 Å². The molecule has 2 aromatic rings. The van der Waals surface area contributed by atoms with Crippen molar-refractivity contribution in [3.05, 3.63) is 53.3 Å². The minimum atomic E-state index is 0.0534. The number of pyridine rings is 1. The van der Waals surface area contributed by atoms with Gasteiger partial charge < -0.3 is 15.5 Å². The first-order valence-electron chi connectivity index (χ1n) is 7.14. The van der Waals surface area contributed by atoms with Crippen LogP contribution in [0.15, 0.2) is 42.7 Å². The standard InChI is InChI=1S/C16H17ClN4O/c17-14-2-1-13(11-15(14)18)20-7-9-21(10-8-20)16(22)12-3-5-19-6-4-12/h1-6,11H,7-10,18H2. The average Bonchev–Trinajstić information content (AvgIpc) is 2.58. The summed E-state index contributed by atoms with van der Waals surface area (Å²) in [6.45, 7) is 2.92.